The van der Waals surface area contributed by atoms with Crippen LogP contribution in [0.4, 0.5) is 0 Å². The van der Waals surface area contributed by atoms with Gasteiger partial charge in [-0.2, -0.15) is 0 Å². The van der Waals surface area contributed by atoms with Crippen molar-refractivity contribution >= 4 is 17.6 Å². The summed E-state index contributed by atoms with van der Waals surface area (Å²) in [5.74, 6) is -0.259. The Balaban J connectivity index is 2.45. The minimum Gasteiger partial charge on any atom is -0.354 e. The molecule has 1 heterocycles. The van der Waals surface area contributed by atoms with Crippen LogP contribution < -0.4 is 10.6 Å². The van der Waals surface area contributed by atoms with E-state index in [1.54, 1.807) is 4.90 Å². The Morgan fingerprint density at radius 2 is 2.11 bits per heavy atom. The van der Waals surface area contributed by atoms with Crippen molar-refractivity contribution in [3.63, 3.8) is 0 Å². The number of nitrogens with zero attached hydrogens (tertiary/aromatic N) is 1. The Kier molecular flexibility index (Phi) is 5.27. The highest BCUT2D eigenvalue weighted by molar-refractivity contribution is 5.88. The summed E-state index contributed by atoms with van der Waals surface area (Å²) in [6, 6.07) is -0.448. The monoisotopic (exact) mass is 255 g/mol. The zero-order chi connectivity index (χ0) is 13.7. The average molecular weight is 255 g/mol. The third kappa shape index (κ3) is 4.44. The quantitative estimate of drug-likeness (QED) is 0.670. The van der Waals surface area contributed by atoms with Gasteiger partial charge in [-0.1, -0.05) is 13.8 Å². The lowest BCUT2D eigenvalue weighted by molar-refractivity contribution is -0.130. The standard InChI is InChI=1S/C12H21N3O3/c1-8(2)12(9(3)16)14-11(18)7-15-5-4-13-10(17)6-15/h8,12H,4-7H2,1-3H3,(H,13,17)(H,14,18). The van der Waals surface area contributed by atoms with Crippen LogP contribution in [0.15, 0.2) is 0 Å². The first-order valence-corrected chi connectivity index (χ1v) is 6.19. The van der Waals surface area contributed by atoms with Gasteiger partial charge >= 0.3 is 0 Å². The summed E-state index contributed by atoms with van der Waals surface area (Å²) < 4.78 is 0. The summed E-state index contributed by atoms with van der Waals surface area (Å²) in [7, 11) is 0. The fraction of sp³-hybridized carbons (Fsp3) is 0.750. The molecule has 1 aliphatic rings. The molecule has 0 aliphatic carbocycles. The van der Waals surface area contributed by atoms with Crippen molar-refractivity contribution in [1.29, 1.82) is 0 Å². The largest absolute Gasteiger partial charge is 0.354 e. The van der Waals surface area contributed by atoms with Crippen LogP contribution in [0.5, 0.6) is 0 Å². The molecule has 18 heavy (non-hydrogen) atoms. The Hall–Kier alpha value is -1.43. The first-order valence-electron chi connectivity index (χ1n) is 6.19. The molecule has 102 valence electrons. The molecule has 2 amide bonds. The molecule has 0 spiro atoms. The second-order valence-corrected chi connectivity index (χ2v) is 4.96. The number of nitrogens with one attached hydrogen (secondary N) is 2. The number of Topliss-reactive ketones (excluding diaryl/α,β-unsaturated/α-hetero) is 1. The number of piperazine rings is 1. The van der Waals surface area contributed by atoms with E-state index in [-0.39, 0.29) is 36.6 Å². The summed E-state index contributed by atoms with van der Waals surface area (Å²) in [5, 5.41) is 5.41. The Morgan fingerprint density at radius 3 is 2.61 bits per heavy atom. The average Bonchev–Trinajstić information content (AvgIpc) is 2.25. The SMILES string of the molecule is CC(=O)C(NC(=O)CN1CCNC(=O)C1)C(C)C. The Labute approximate surface area is 107 Å². The molecule has 1 unspecified atom stereocenters. The molecule has 1 atom stereocenters. The third-order valence-corrected chi connectivity index (χ3v) is 2.91. The van der Waals surface area contributed by atoms with Crippen molar-refractivity contribution in [3.05, 3.63) is 0 Å². The molecule has 6 nitrogen and oxygen atoms in total. The summed E-state index contributed by atoms with van der Waals surface area (Å²) in [5.41, 5.74) is 0. The minimum atomic E-state index is -0.448. The Morgan fingerprint density at radius 1 is 1.44 bits per heavy atom. The molecular weight excluding hydrogens is 234 g/mol. The lowest BCUT2D eigenvalue weighted by atomic mass is 10.0. The predicted octanol–water partition coefficient (Wildman–Crippen LogP) is -0.852. The van der Waals surface area contributed by atoms with E-state index in [4.69, 9.17) is 0 Å². The van der Waals surface area contributed by atoms with Crippen molar-refractivity contribution in [2.45, 2.75) is 26.8 Å². The van der Waals surface area contributed by atoms with Crippen LogP contribution in [0.25, 0.3) is 0 Å². The highest BCUT2D eigenvalue weighted by Crippen LogP contribution is 2.03. The van der Waals surface area contributed by atoms with Gasteiger partial charge in [0.1, 0.15) is 0 Å². The molecule has 1 rings (SSSR count). The number of hydrogen-bond acceptors (Lipinski definition) is 4. The van der Waals surface area contributed by atoms with Gasteiger partial charge in [-0.25, -0.2) is 0 Å². The maximum atomic E-state index is 11.8. The van der Waals surface area contributed by atoms with Gasteiger partial charge in [-0.3, -0.25) is 19.3 Å². The van der Waals surface area contributed by atoms with Crippen LogP contribution in [0.3, 0.4) is 0 Å². The minimum absolute atomic E-state index is 0.0465. The number of ketones is 1. The zero-order valence-electron chi connectivity index (χ0n) is 11.2. The van der Waals surface area contributed by atoms with Gasteiger partial charge in [0.05, 0.1) is 19.1 Å². The summed E-state index contributed by atoms with van der Waals surface area (Å²) in [6.07, 6.45) is 0. The van der Waals surface area contributed by atoms with Crippen molar-refractivity contribution in [2.75, 3.05) is 26.2 Å². The molecule has 0 radical (unpaired) electrons. The highest BCUT2D eigenvalue weighted by atomic mass is 16.2. The Bertz CT molecular complexity index is 341. The van der Waals surface area contributed by atoms with E-state index in [0.29, 0.717) is 13.1 Å². The fourth-order valence-corrected chi connectivity index (χ4v) is 1.99. The molecular formula is C12H21N3O3. The van der Waals surface area contributed by atoms with Crippen LogP contribution in [0.1, 0.15) is 20.8 Å². The van der Waals surface area contributed by atoms with Crippen molar-refractivity contribution in [1.82, 2.24) is 15.5 Å². The van der Waals surface area contributed by atoms with Crippen LogP contribution >= 0.6 is 0 Å². The van der Waals surface area contributed by atoms with Crippen LogP contribution in [0, 0.1) is 5.92 Å². The van der Waals surface area contributed by atoms with Gasteiger partial charge in [0.2, 0.25) is 11.8 Å². The van der Waals surface area contributed by atoms with E-state index >= 15 is 0 Å². The number of carbonyl (C=O) groups is 3. The van der Waals surface area contributed by atoms with E-state index in [2.05, 4.69) is 10.6 Å². The molecule has 0 bridgehead atoms. The molecule has 2 N–H and O–H groups in total. The first-order chi connectivity index (χ1) is 8.40. The molecule has 0 aromatic rings. The lowest BCUT2D eigenvalue weighted by Gasteiger charge is -2.27. The van der Waals surface area contributed by atoms with Crippen LogP contribution in [-0.4, -0.2) is 54.7 Å². The summed E-state index contributed by atoms with van der Waals surface area (Å²) in [4.78, 5) is 36.1. The number of hydrogen-bond donors (Lipinski definition) is 2. The molecule has 0 saturated carbocycles. The summed E-state index contributed by atoms with van der Waals surface area (Å²) >= 11 is 0. The fourth-order valence-electron chi connectivity index (χ4n) is 1.99. The van der Waals surface area contributed by atoms with Gasteiger partial charge in [0.25, 0.3) is 0 Å². The number of amides is 2. The second-order valence-electron chi connectivity index (χ2n) is 4.96. The van der Waals surface area contributed by atoms with Gasteiger partial charge < -0.3 is 10.6 Å². The van der Waals surface area contributed by atoms with Gasteiger partial charge in [0, 0.05) is 13.1 Å². The van der Waals surface area contributed by atoms with E-state index in [0.717, 1.165) is 0 Å². The second kappa shape index (κ2) is 6.49. The van der Waals surface area contributed by atoms with Gasteiger partial charge in [0.15, 0.2) is 5.78 Å². The van der Waals surface area contributed by atoms with E-state index < -0.39 is 6.04 Å². The number of rotatable bonds is 5. The first kappa shape index (κ1) is 14.6. The van der Waals surface area contributed by atoms with Crippen molar-refractivity contribution < 1.29 is 14.4 Å². The van der Waals surface area contributed by atoms with Crippen molar-refractivity contribution in [2.24, 2.45) is 5.92 Å². The van der Waals surface area contributed by atoms with E-state index in [9.17, 15) is 14.4 Å². The van der Waals surface area contributed by atoms with E-state index in [1.165, 1.54) is 6.92 Å². The van der Waals surface area contributed by atoms with Gasteiger partial charge in [-0.15, -0.1) is 0 Å². The van der Waals surface area contributed by atoms with Crippen molar-refractivity contribution in [3.8, 4) is 0 Å². The highest BCUT2D eigenvalue weighted by Gasteiger charge is 2.23. The predicted molar refractivity (Wildman–Crippen MR) is 66.9 cm³/mol. The zero-order valence-corrected chi connectivity index (χ0v) is 11.2. The van der Waals surface area contributed by atoms with E-state index in [1.807, 2.05) is 13.8 Å². The maximum Gasteiger partial charge on any atom is 0.234 e. The summed E-state index contributed by atoms with van der Waals surface area (Å²) in [6.45, 7) is 6.86. The van der Waals surface area contributed by atoms with Gasteiger partial charge in [-0.05, 0) is 12.8 Å². The van der Waals surface area contributed by atoms with Crippen LogP contribution in [0.2, 0.25) is 0 Å². The third-order valence-electron chi connectivity index (χ3n) is 2.91. The molecule has 0 aromatic heterocycles. The topological polar surface area (TPSA) is 78.5 Å². The maximum absolute atomic E-state index is 11.8. The molecule has 6 heteroatoms. The molecule has 0 aromatic carbocycles. The molecule has 1 fully saturated rings. The van der Waals surface area contributed by atoms with Crippen LogP contribution in [-0.2, 0) is 14.4 Å². The normalized spacial score (nSPS) is 18.3. The smallest absolute Gasteiger partial charge is 0.234 e. The molecule has 1 aliphatic heterocycles. The lowest BCUT2D eigenvalue weighted by Crippen LogP contribution is -2.52. The molecule has 1 saturated heterocycles. The number of carbonyl (C=O) groups excluding carboxylic acids is 3.